The monoisotopic (exact) mass is 405 g/mol. The number of rotatable bonds is 7. The van der Waals surface area contributed by atoms with Crippen molar-refractivity contribution in [3.8, 4) is 11.5 Å². The number of hydrogen-bond donors (Lipinski definition) is 0. The number of ether oxygens (including phenoxy) is 2. The Hall–Kier alpha value is -3.21. The Morgan fingerprint density at radius 3 is 2.57 bits per heavy atom. The van der Waals surface area contributed by atoms with Gasteiger partial charge in [0.25, 0.3) is 5.91 Å². The zero-order valence-electron chi connectivity index (χ0n) is 17.3. The molecule has 1 aliphatic rings. The van der Waals surface area contributed by atoms with Crippen LogP contribution in [0.1, 0.15) is 41.4 Å². The molecule has 0 spiro atoms. The first-order chi connectivity index (χ1) is 14.7. The maximum Gasteiger partial charge on any atom is 0.254 e. The molecule has 0 bridgehead atoms. The third kappa shape index (κ3) is 4.85. The van der Waals surface area contributed by atoms with Gasteiger partial charge in [-0.2, -0.15) is 0 Å². The summed E-state index contributed by atoms with van der Waals surface area (Å²) in [5.74, 6) is 2.05. The van der Waals surface area contributed by atoms with Crippen LogP contribution in [0.3, 0.4) is 0 Å². The first-order valence-electron chi connectivity index (χ1n) is 10.5. The normalized spacial score (nSPS) is 14.0. The topological polar surface area (TPSA) is 51.9 Å². The summed E-state index contributed by atoms with van der Waals surface area (Å²) >= 11 is 0. The van der Waals surface area contributed by atoms with E-state index in [1.54, 1.807) is 12.3 Å². The number of benzene rings is 2. The van der Waals surface area contributed by atoms with E-state index >= 15 is 0 Å². The molecule has 5 nitrogen and oxygen atoms in total. The Labute approximate surface area is 177 Å². The Morgan fingerprint density at radius 1 is 1.00 bits per heavy atom. The number of hydrogen-bond acceptors (Lipinski definition) is 4. The number of fused-ring (bicyclic) bond motifs is 1. The molecule has 2 aromatic carbocycles. The fraction of sp³-hybridized carbons (Fsp3) is 0.320. The summed E-state index contributed by atoms with van der Waals surface area (Å²) in [4.78, 5) is 15.4. The summed E-state index contributed by atoms with van der Waals surface area (Å²) in [6.07, 6.45) is 4.24. The maximum absolute atomic E-state index is 13.5. The molecule has 0 saturated carbocycles. The van der Waals surface area contributed by atoms with Crippen LogP contribution in [0.25, 0.3) is 0 Å². The molecule has 1 amide bonds. The highest BCUT2D eigenvalue weighted by atomic mass is 16.5. The fourth-order valence-electron chi connectivity index (χ4n) is 3.64. The highest BCUT2D eigenvalue weighted by Gasteiger charge is 2.24. The van der Waals surface area contributed by atoms with E-state index in [1.165, 1.54) is 5.56 Å². The number of amides is 1. The van der Waals surface area contributed by atoms with Gasteiger partial charge in [0, 0.05) is 18.0 Å². The van der Waals surface area contributed by atoms with Crippen molar-refractivity contribution >= 4 is 5.91 Å². The summed E-state index contributed by atoms with van der Waals surface area (Å²) in [6, 6.07) is 19.6. The Morgan fingerprint density at radius 2 is 1.80 bits per heavy atom. The molecular formula is C25H27NO4. The largest absolute Gasteiger partial charge is 0.490 e. The lowest BCUT2D eigenvalue weighted by Crippen LogP contribution is -2.38. The molecule has 0 aliphatic carbocycles. The van der Waals surface area contributed by atoms with Gasteiger partial charge < -0.3 is 18.8 Å². The first kappa shape index (κ1) is 20.1. The van der Waals surface area contributed by atoms with Crippen molar-refractivity contribution in [3.63, 3.8) is 0 Å². The second kappa shape index (κ2) is 9.53. The van der Waals surface area contributed by atoms with Crippen molar-refractivity contribution in [1.29, 1.82) is 0 Å². The van der Waals surface area contributed by atoms with Gasteiger partial charge in [-0.25, -0.2) is 0 Å². The summed E-state index contributed by atoms with van der Waals surface area (Å²) in [5, 5.41) is 0. The van der Waals surface area contributed by atoms with Crippen molar-refractivity contribution in [2.75, 3.05) is 13.2 Å². The molecule has 0 N–H and O–H groups in total. The molecule has 0 fully saturated rings. The Balaban J connectivity index is 1.54. The van der Waals surface area contributed by atoms with E-state index in [1.807, 2.05) is 47.4 Å². The first-order valence-corrected chi connectivity index (χ1v) is 10.5. The van der Waals surface area contributed by atoms with E-state index in [0.29, 0.717) is 36.8 Å². The molecule has 156 valence electrons. The number of carbonyl (C=O) groups excluding carboxylic acids is 1. The third-order valence-electron chi connectivity index (χ3n) is 5.39. The van der Waals surface area contributed by atoms with Crippen LogP contribution < -0.4 is 9.47 Å². The van der Waals surface area contributed by atoms with Crippen molar-refractivity contribution in [1.82, 2.24) is 4.90 Å². The Bertz CT molecular complexity index is 953. The average molecular weight is 405 g/mol. The molecule has 2 heterocycles. The van der Waals surface area contributed by atoms with Crippen molar-refractivity contribution < 1.29 is 18.7 Å². The highest BCUT2D eigenvalue weighted by Crippen LogP contribution is 2.31. The van der Waals surface area contributed by atoms with E-state index in [-0.39, 0.29) is 11.9 Å². The van der Waals surface area contributed by atoms with Gasteiger partial charge in [-0.15, -0.1) is 0 Å². The zero-order chi connectivity index (χ0) is 20.8. The SMILES string of the molecule is C[C@@H](CCc1ccccc1)N(Cc1ccco1)C(=O)c1ccc2c(c1)OCCCO2. The van der Waals surface area contributed by atoms with Gasteiger partial charge in [-0.1, -0.05) is 30.3 Å². The van der Waals surface area contributed by atoms with Crippen LogP contribution in [0.2, 0.25) is 0 Å². The number of aryl methyl sites for hydroxylation is 1. The minimum absolute atomic E-state index is 0.0393. The van der Waals surface area contributed by atoms with E-state index in [4.69, 9.17) is 13.9 Å². The van der Waals surface area contributed by atoms with Gasteiger partial charge in [-0.05, 0) is 55.7 Å². The quantitative estimate of drug-likeness (QED) is 0.548. The van der Waals surface area contributed by atoms with Gasteiger partial charge >= 0.3 is 0 Å². The lowest BCUT2D eigenvalue weighted by molar-refractivity contribution is 0.0651. The molecule has 30 heavy (non-hydrogen) atoms. The van der Waals surface area contributed by atoms with E-state index < -0.39 is 0 Å². The van der Waals surface area contributed by atoms with Crippen molar-refractivity contribution in [2.45, 2.75) is 38.8 Å². The van der Waals surface area contributed by atoms with Crippen LogP contribution in [0.4, 0.5) is 0 Å². The molecular weight excluding hydrogens is 378 g/mol. The van der Waals surface area contributed by atoms with Crippen LogP contribution in [-0.2, 0) is 13.0 Å². The number of carbonyl (C=O) groups is 1. The van der Waals surface area contributed by atoms with Crippen LogP contribution in [0.15, 0.2) is 71.3 Å². The number of furan rings is 1. The zero-order valence-corrected chi connectivity index (χ0v) is 17.3. The minimum Gasteiger partial charge on any atom is -0.490 e. The molecule has 1 aliphatic heterocycles. The van der Waals surface area contributed by atoms with Gasteiger partial charge in [0.05, 0.1) is 26.0 Å². The predicted octanol–water partition coefficient (Wildman–Crippen LogP) is 5.10. The second-order valence-corrected chi connectivity index (χ2v) is 7.60. The van der Waals surface area contributed by atoms with Gasteiger partial charge in [0.1, 0.15) is 5.76 Å². The standard InChI is InChI=1S/C25H27NO4/c1-19(10-11-20-7-3-2-4-8-20)26(18-22-9-5-14-28-22)25(27)21-12-13-23-24(17-21)30-16-6-15-29-23/h2-5,7-9,12-14,17,19H,6,10-11,15-16,18H2,1H3/t19-/m0/s1. The van der Waals surface area contributed by atoms with Gasteiger partial charge in [0.15, 0.2) is 11.5 Å². The van der Waals surface area contributed by atoms with E-state index in [9.17, 15) is 4.79 Å². The van der Waals surface area contributed by atoms with Crippen LogP contribution >= 0.6 is 0 Å². The summed E-state index contributed by atoms with van der Waals surface area (Å²) in [7, 11) is 0. The number of nitrogens with zero attached hydrogens (tertiary/aromatic N) is 1. The lowest BCUT2D eigenvalue weighted by atomic mass is 10.0. The van der Waals surface area contributed by atoms with E-state index in [0.717, 1.165) is 25.0 Å². The second-order valence-electron chi connectivity index (χ2n) is 7.60. The van der Waals surface area contributed by atoms with Crippen LogP contribution in [0, 0.1) is 0 Å². The minimum atomic E-state index is -0.0393. The molecule has 5 heteroatoms. The van der Waals surface area contributed by atoms with Crippen LogP contribution in [-0.4, -0.2) is 30.1 Å². The maximum atomic E-state index is 13.5. The predicted molar refractivity (Wildman–Crippen MR) is 115 cm³/mol. The van der Waals surface area contributed by atoms with Crippen molar-refractivity contribution in [2.24, 2.45) is 0 Å². The molecule has 1 aromatic heterocycles. The molecule has 1 atom stereocenters. The summed E-state index contributed by atoms with van der Waals surface area (Å²) in [5.41, 5.74) is 1.86. The highest BCUT2D eigenvalue weighted by molar-refractivity contribution is 5.95. The summed E-state index contributed by atoms with van der Waals surface area (Å²) in [6.45, 7) is 3.73. The van der Waals surface area contributed by atoms with Gasteiger partial charge in [0.2, 0.25) is 0 Å². The molecule has 0 radical (unpaired) electrons. The van der Waals surface area contributed by atoms with E-state index in [2.05, 4.69) is 19.1 Å². The fourth-order valence-corrected chi connectivity index (χ4v) is 3.64. The average Bonchev–Trinajstić information content (AvgIpc) is 3.19. The molecule has 0 saturated heterocycles. The molecule has 0 unspecified atom stereocenters. The lowest BCUT2D eigenvalue weighted by Gasteiger charge is -2.29. The Kier molecular flexibility index (Phi) is 6.38. The third-order valence-corrected chi connectivity index (χ3v) is 5.39. The molecule has 4 rings (SSSR count). The molecule has 3 aromatic rings. The summed E-state index contributed by atoms with van der Waals surface area (Å²) < 4.78 is 17.0. The van der Waals surface area contributed by atoms with Crippen LogP contribution in [0.5, 0.6) is 11.5 Å². The van der Waals surface area contributed by atoms with Crippen molar-refractivity contribution in [3.05, 3.63) is 83.8 Å². The van der Waals surface area contributed by atoms with Gasteiger partial charge in [-0.3, -0.25) is 4.79 Å². The smallest absolute Gasteiger partial charge is 0.254 e.